The van der Waals surface area contributed by atoms with Crippen LogP contribution in [0.3, 0.4) is 0 Å². The molecule has 0 saturated heterocycles. The van der Waals surface area contributed by atoms with Crippen LogP contribution in [-0.2, 0) is 14.3 Å². The molecule has 0 atom stereocenters. The van der Waals surface area contributed by atoms with E-state index in [0.29, 0.717) is 0 Å². The minimum atomic E-state index is -1.19. The lowest BCUT2D eigenvalue weighted by Crippen LogP contribution is -2.43. The van der Waals surface area contributed by atoms with Gasteiger partial charge in [-0.2, -0.15) is 0 Å². The smallest absolute Gasteiger partial charge is 0.407 e. The minimum Gasteiger partial charge on any atom is -0.480 e. The van der Waals surface area contributed by atoms with Crippen molar-refractivity contribution < 1.29 is 24.2 Å². The largest absolute Gasteiger partial charge is 0.480 e. The Morgan fingerprint density at radius 2 is 1.66 bits per heavy atom. The molecule has 2 N–H and O–H groups in total. The predicted octanol–water partition coefficient (Wildman–Crippen LogP) is 2.07. The number of aliphatic carboxylic acids is 1. The van der Waals surface area contributed by atoms with Gasteiger partial charge in [-0.05, 0) is 22.3 Å². The molecule has 1 aliphatic carbocycles. The number of terminal acetylenes is 1. The lowest BCUT2D eigenvalue weighted by Gasteiger charge is -2.18. The molecule has 7 heteroatoms. The second-order valence-corrected chi connectivity index (χ2v) is 6.53. The SMILES string of the molecule is C#CCN(CC(=O)O)C(=O)CNC(=O)OCC1c2ccccc2-c2ccccc21. The van der Waals surface area contributed by atoms with Gasteiger partial charge < -0.3 is 20.1 Å². The molecule has 2 aromatic carbocycles. The molecule has 29 heavy (non-hydrogen) atoms. The third-order valence-corrected chi connectivity index (χ3v) is 4.69. The van der Waals surface area contributed by atoms with Crippen LogP contribution in [0.1, 0.15) is 17.0 Å². The van der Waals surface area contributed by atoms with Crippen LogP contribution < -0.4 is 5.32 Å². The van der Waals surface area contributed by atoms with Crippen LogP contribution in [0, 0.1) is 12.3 Å². The maximum Gasteiger partial charge on any atom is 0.407 e. The van der Waals surface area contributed by atoms with Crippen LogP contribution in [0.4, 0.5) is 4.79 Å². The van der Waals surface area contributed by atoms with Crippen LogP contribution in [0.15, 0.2) is 48.5 Å². The van der Waals surface area contributed by atoms with Crippen molar-refractivity contribution >= 4 is 18.0 Å². The monoisotopic (exact) mass is 392 g/mol. The fraction of sp³-hybridized carbons (Fsp3) is 0.227. The van der Waals surface area contributed by atoms with E-state index in [9.17, 15) is 14.4 Å². The second-order valence-electron chi connectivity index (χ2n) is 6.53. The van der Waals surface area contributed by atoms with Gasteiger partial charge in [0.1, 0.15) is 19.7 Å². The molecule has 148 valence electrons. The summed E-state index contributed by atoms with van der Waals surface area (Å²) < 4.78 is 5.33. The van der Waals surface area contributed by atoms with E-state index in [2.05, 4.69) is 11.2 Å². The zero-order valence-corrected chi connectivity index (χ0v) is 15.6. The molecular weight excluding hydrogens is 372 g/mol. The Morgan fingerprint density at radius 1 is 1.07 bits per heavy atom. The van der Waals surface area contributed by atoms with Gasteiger partial charge in [-0.1, -0.05) is 54.5 Å². The summed E-state index contributed by atoms with van der Waals surface area (Å²) in [6, 6.07) is 15.9. The molecule has 0 heterocycles. The number of fused-ring (bicyclic) bond motifs is 3. The fourth-order valence-electron chi connectivity index (χ4n) is 3.41. The number of alkyl carbamates (subject to hydrolysis) is 1. The van der Waals surface area contributed by atoms with Gasteiger partial charge in [0.15, 0.2) is 0 Å². The van der Waals surface area contributed by atoms with Gasteiger partial charge in [0, 0.05) is 5.92 Å². The summed E-state index contributed by atoms with van der Waals surface area (Å²) in [5, 5.41) is 11.2. The Morgan fingerprint density at radius 3 is 2.21 bits per heavy atom. The van der Waals surface area contributed by atoms with Crippen LogP contribution in [0.25, 0.3) is 11.1 Å². The van der Waals surface area contributed by atoms with Crippen molar-refractivity contribution in [2.75, 3.05) is 26.2 Å². The number of nitrogens with zero attached hydrogens (tertiary/aromatic N) is 1. The van der Waals surface area contributed by atoms with Gasteiger partial charge in [-0.3, -0.25) is 9.59 Å². The zero-order chi connectivity index (χ0) is 20.8. The predicted molar refractivity (Wildman–Crippen MR) is 106 cm³/mol. The number of carbonyl (C=O) groups is 3. The van der Waals surface area contributed by atoms with Crippen molar-refractivity contribution in [1.82, 2.24) is 10.2 Å². The number of benzene rings is 2. The first-order valence-electron chi connectivity index (χ1n) is 9.03. The minimum absolute atomic E-state index is 0.0891. The Labute approximate surface area is 168 Å². The Bertz CT molecular complexity index is 934. The Kier molecular flexibility index (Phi) is 6.15. The zero-order valence-electron chi connectivity index (χ0n) is 15.6. The lowest BCUT2D eigenvalue weighted by molar-refractivity contribution is -0.143. The highest BCUT2D eigenvalue weighted by Gasteiger charge is 2.29. The van der Waals surface area contributed by atoms with E-state index < -0.39 is 31.1 Å². The Balaban J connectivity index is 1.58. The highest BCUT2D eigenvalue weighted by Crippen LogP contribution is 2.44. The molecule has 0 aliphatic heterocycles. The van der Waals surface area contributed by atoms with E-state index in [1.165, 1.54) is 0 Å². The standard InChI is InChI=1S/C22H20N2O5/c1-2-11-24(13-21(26)27)20(25)12-23-22(28)29-14-19-17-9-5-3-7-15(17)16-8-4-6-10-18(16)19/h1,3-10,19H,11-14H2,(H,23,28)(H,26,27). The van der Waals surface area contributed by atoms with E-state index in [4.69, 9.17) is 16.3 Å². The number of carboxylic acid groups (broad SMARTS) is 1. The summed E-state index contributed by atoms with van der Waals surface area (Å²) in [6.45, 7) is -0.963. The van der Waals surface area contributed by atoms with E-state index in [-0.39, 0.29) is 19.1 Å². The second kappa shape index (κ2) is 8.93. The third kappa shape index (κ3) is 4.55. The van der Waals surface area contributed by atoms with Gasteiger partial charge in [-0.25, -0.2) is 4.79 Å². The first kappa shape index (κ1) is 20.0. The van der Waals surface area contributed by atoms with Crippen LogP contribution in [0.5, 0.6) is 0 Å². The third-order valence-electron chi connectivity index (χ3n) is 4.69. The van der Waals surface area contributed by atoms with E-state index in [1.54, 1.807) is 0 Å². The van der Waals surface area contributed by atoms with Crippen molar-refractivity contribution in [3.05, 3.63) is 59.7 Å². The van der Waals surface area contributed by atoms with Crippen molar-refractivity contribution in [3.8, 4) is 23.5 Å². The van der Waals surface area contributed by atoms with E-state index in [1.807, 2.05) is 48.5 Å². The van der Waals surface area contributed by atoms with Crippen molar-refractivity contribution in [3.63, 3.8) is 0 Å². The topological polar surface area (TPSA) is 95.9 Å². The molecule has 0 spiro atoms. The highest BCUT2D eigenvalue weighted by atomic mass is 16.5. The van der Waals surface area contributed by atoms with Crippen LogP contribution in [0.2, 0.25) is 0 Å². The molecule has 0 radical (unpaired) electrons. The molecule has 2 amide bonds. The summed E-state index contributed by atoms with van der Waals surface area (Å²) in [4.78, 5) is 35.9. The summed E-state index contributed by atoms with van der Waals surface area (Å²) in [5.74, 6) is 0.348. The fourth-order valence-corrected chi connectivity index (χ4v) is 3.41. The number of carboxylic acids is 1. The molecule has 1 aliphatic rings. The molecule has 3 rings (SSSR count). The molecule has 0 bridgehead atoms. The molecule has 0 fully saturated rings. The summed E-state index contributed by atoms with van der Waals surface area (Å²) in [7, 11) is 0. The van der Waals surface area contributed by atoms with Crippen molar-refractivity contribution in [2.45, 2.75) is 5.92 Å². The van der Waals surface area contributed by atoms with E-state index >= 15 is 0 Å². The Hall–Kier alpha value is -3.79. The lowest BCUT2D eigenvalue weighted by atomic mass is 9.98. The van der Waals surface area contributed by atoms with Crippen LogP contribution >= 0.6 is 0 Å². The highest BCUT2D eigenvalue weighted by molar-refractivity contribution is 5.85. The number of hydrogen-bond donors (Lipinski definition) is 2. The molecule has 0 saturated carbocycles. The number of ether oxygens (including phenoxy) is 1. The van der Waals surface area contributed by atoms with Gasteiger partial charge in [0.25, 0.3) is 0 Å². The summed E-state index contributed by atoms with van der Waals surface area (Å²) in [5.41, 5.74) is 4.40. The van der Waals surface area contributed by atoms with Gasteiger partial charge >= 0.3 is 12.1 Å². The van der Waals surface area contributed by atoms with Gasteiger partial charge in [-0.15, -0.1) is 6.42 Å². The first-order chi connectivity index (χ1) is 14.0. The molecular formula is C22H20N2O5. The number of amides is 2. The maximum absolute atomic E-state index is 12.1. The maximum atomic E-state index is 12.1. The average Bonchev–Trinajstić information content (AvgIpc) is 3.04. The van der Waals surface area contributed by atoms with Crippen molar-refractivity contribution in [2.24, 2.45) is 0 Å². The van der Waals surface area contributed by atoms with Crippen molar-refractivity contribution in [1.29, 1.82) is 0 Å². The molecule has 7 nitrogen and oxygen atoms in total. The average molecular weight is 392 g/mol. The first-order valence-corrected chi connectivity index (χ1v) is 9.03. The van der Waals surface area contributed by atoms with Crippen LogP contribution in [-0.4, -0.2) is 54.2 Å². The number of rotatable bonds is 7. The number of carbonyl (C=O) groups excluding carboxylic acids is 2. The molecule has 2 aromatic rings. The molecule has 0 unspecified atom stereocenters. The van der Waals surface area contributed by atoms with Gasteiger partial charge in [0.05, 0.1) is 6.54 Å². The quantitative estimate of drug-likeness (QED) is 0.704. The molecule has 0 aromatic heterocycles. The van der Waals surface area contributed by atoms with Gasteiger partial charge in [0.2, 0.25) is 5.91 Å². The number of nitrogens with one attached hydrogen (secondary N) is 1. The number of hydrogen-bond acceptors (Lipinski definition) is 4. The summed E-state index contributed by atoms with van der Waals surface area (Å²) >= 11 is 0. The normalized spacial score (nSPS) is 11.7. The van der Waals surface area contributed by atoms with E-state index in [0.717, 1.165) is 27.2 Å². The summed E-state index contributed by atoms with van der Waals surface area (Å²) in [6.07, 6.45) is 4.39.